The summed E-state index contributed by atoms with van der Waals surface area (Å²) in [6, 6.07) is 0. The molecule has 0 fully saturated rings. The third kappa shape index (κ3) is 688. The van der Waals surface area contributed by atoms with Crippen molar-refractivity contribution in [2.24, 2.45) is 22.9 Å². The Kier molecular flexibility index (Phi) is 16.6. The van der Waals surface area contributed by atoms with E-state index in [0.717, 1.165) is 0 Å². The van der Waals surface area contributed by atoms with Crippen molar-refractivity contribution in [1.29, 1.82) is 5.41 Å². The van der Waals surface area contributed by atoms with Crippen molar-refractivity contribution in [1.82, 2.24) is 0 Å². The van der Waals surface area contributed by atoms with E-state index in [1.165, 1.54) is 0 Å². The molecule has 0 aliphatic carbocycles. The molecular formula is C4H16N6. The van der Waals surface area contributed by atoms with Crippen LogP contribution < -0.4 is 27.9 Å². The molecule has 0 amide bonds. The van der Waals surface area contributed by atoms with E-state index in [4.69, 9.17) is 16.9 Å². The van der Waals surface area contributed by atoms with Gasteiger partial charge in [0.15, 0.2) is 5.96 Å². The van der Waals surface area contributed by atoms with Gasteiger partial charge < -0.3 is 18.9 Å². The van der Waals surface area contributed by atoms with E-state index < -0.39 is 0 Å². The fourth-order valence-electron chi connectivity index (χ4n) is 0. The van der Waals surface area contributed by atoms with Gasteiger partial charge in [0.1, 0.15) is 0 Å². The maximum atomic E-state index is 6.06. The zero-order valence-electron chi connectivity index (χ0n) is 6.31. The molecule has 0 spiro atoms. The fourth-order valence-corrected chi connectivity index (χ4v) is 0. The Balaban J connectivity index is -0.0000000910. The molecule has 0 atom stereocenters. The highest BCUT2D eigenvalue weighted by Gasteiger charge is 1.71. The van der Waals surface area contributed by atoms with E-state index in [9.17, 15) is 0 Å². The summed E-state index contributed by atoms with van der Waals surface area (Å²) in [6.07, 6.45) is 0. The van der Waals surface area contributed by atoms with Gasteiger partial charge in [0.2, 0.25) is 0 Å². The Morgan fingerprint density at radius 1 is 1.20 bits per heavy atom. The molecule has 0 aliphatic rings. The maximum Gasteiger partial charge on any atom is 0.338 e. The van der Waals surface area contributed by atoms with Crippen LogP contribution in [-0.2, 0) is 0 Å². The van der Waals surface area contributed by atoms with Gasteiger partial charge in [-0.2, -0.15) is 0 Å². The first-order chi connectivity index (χ1) is 4.00. The molecule has 62 valence electrons. The maximum absolute atomic E-state index is 6.06. The van der Waals surface area contributed by atoms with Gasteiger partial charge >= 0.3 is 5.96 Å². The molecular weight excluding hydrogens is 132 g/mol. The van der Waals surface area contributed by atoms with Crippen LogP contribution in [0.2, 0.25) is 0 Å². The van der Waals surface area contributed by atoms with Crippen molar-refractivity contribution in [3.8, 4) is 0 Å². The molecule has 0 aromatic carbocycles. The topological polar surface area (TPSA) is 142 Å². The minimum Gasteiger partial charge on any atom is -0.370 e. The van der Waals surface area contributed by atoms with Crippen molar-refractivity contribution >= 4 is 11.9 Å². The predicted molar refractivity (Wildman–Crippen MR) is 42.8 cm³/mol. The van der Waals surface area contributed by atoms with Crippen LogP contribution in [0.3, 0.4) is 0 Å². The molecule has 0 aliphatic heterocycles. The van der Waals surface area contributed by atoms with Gasteiger partial charge in [0.25, 0.3) is 0 Å². The lowest BCUT2D eigenvalue weighted by Crippen LogP contribution is -2.73. The lowest BCUT2D eigenvalue weighted by Gasteiger charge is -1.69. The van der Waals surface area contributed by atoms with Crippen LogP contribution in [0.15, 0.2) is 0 Å². The molecule has 0 heterocycles. The smallest absolute Gasteiger partial charge is 0.338 e. The van der Waals surface area contributed by atoms with Gasteiger partial charge in [-0.3, -0.25) is 21.9 Å². The molecule has 0 unspecified atom stereocenters. The minimum absolute atomic E-state index is 0. The van der Waals surface area contributed by atoms with E-state index in [2.05, 4.69) is 16.5 Å². The Morgan fingerprint density at radius 3 is 1.30 bits per heavy atom. The molecule has 6 heteroatoms. The predicted octanol–water partition coefficient (Wildman–Crippen LogP) is -3.74. The van der Waals surface area contributed by atoms with Crippen molar-refractivity contribution in [2.45, 2.75) is 0 Å². The van der Waals surface area contributed by atoms with E-state index in [1.807, 2.05) is 0 Å². The average molecular weight is 148 g/mol. The van der Waals surface area contributed by atoms with E-state index in [-0.39, 0.29) is 19.3 Å². The van der Waals surface area contributed by atoms with Gasteiger partial charge in [-0.05, 0) is 0 Å². The minimum atomic E-state index is -0.333. The van der Waals surface area contributed by atoms with Crippen molar-refractivity contribution in [3.05, 3.63) is 7.43 Å². The zero-order valence-corrected chi connectivity index (χ0v) is 6.31. The van der Waals surface area contributed by atoms with Crippen LogP contribution in [0, 0.1) is 12.8 Å². The third-order valence-corrected chi connectivity index (χ3v) is 0.289. The summed E-state index contributed by atoms with van der Waals surface area (Å²) in [5, 5.41) is 6.06. The van der Waals surface area contributed by atoms with Gasteiger partial charge in [-0.25, -0.2) is 0 Å². The average Bonchev–Trinajstić information content (AvgIpc) is 1.65. The van der Waals surface area contributed by atoms with E-state index >= 15 is 0 Å². The summed E-state index contributed by atoms with van der Waals surface area (Å²) in [5.41, 5.74) is 18.7. The van der Waals surface area contributed by atoms with Crippen LogP contribution >= 0.6 is 0 Å². The number of rotatable bonds is 0. The molecule has 6 nitrogen and oxygen atoms in total. The van der Waals surface area contributed by atoms with Crippen LogP contribution in [0.4, 0.5) is 0 Å². The first-order valence-electron chi connectivity index (χ1n) is 2.15. The van der Waals surface area contributed by atoms with Crippen LogP contribution in [0.1, 0.15) is 0 Å². The van der Waals surface area contributed by atoms with Crippen molar-refractivity contribution in [3.63, 3.8) is 0 Å². The monoisotopic (exact) mass is 148 g/mol. The molecule has 0 aromatic rings. The highest BCUT2D eigenvalue weighted by Crippen LogP contribution is 1.13. The van der Waals surface area contributed by atoms with E-state index in [0.29, 0.717) is 0 Å². The Morgan fingerprint density at radius 2 is 1.30 bits per heavy atom. The van der Waals surface area contributed by atoms with Gasteiger partial charge in [0, 0.05) is 0 Å². The second-order valence-electron chi connectivity index (χ2n) is 1.16. The second-order valence-corrected chi connectivity index (χ2v) is 1.16. The highest BCUT2D eigenvalue weighted by molar-refractivity contribution is 5.71. The van der Waals surface area contributed by atoms with Crippen LogP contribution in [-0.4, -0.2) is 19.0 Å². The molecule has 0 bridgehead atoms. The quantitative estimate of drug-likeness (QED) is 0.119. The molecule has 10 N–H and O–H groups in total. The van der Waals surface area contributed by atoms with Crippen LogP contribution in [0.5, 0.6) is 0 Å². The van der Waals surface area contributed by atoms with Crippen molar-refractivity contribution in [2.75, 3.05) is 7.05 Å². The SMILES string of the molecule is C[NH+]=C(N)N.N=C(N)N.[CH3-]. The molecule has 0 aromatic heterocycles. The first kappa shape index (κ1) is 15.8. The lowest BCUT2D eigenvalue weighted by molar-refractivity contribution is -0.422. The lowest BCUT2D eigenvalue weighted by atomic mass is 11.1. The van der Waals surface area contributed by atoms with Gasteiger partial charge in [0.05, 0.1) is 7.05 Å². The van der Waals surface area contributed by atoms with E-state index in [1.54, 1.807) is 7.05 Å². The Bertz CT molecular complexity index is 98.3. The third-order valence-electron chi connectivity index (χ3n) is 0.289. The molecule has 0 rings (SSSR count). The first-order valence-corrected chi connectivity index (χ1v) is 2.15. The molecule has 0 saturated carbocycles. The zero-order chi connectivity index (χ0) is 7.86. The highest BCUT2D eigenvalue weighted by atomic mass is 15.0. The van der Waals surface area contributed by atoms with Crippen LogP contribution in [0.25, 0.3) is 0 Å². The molecule has 10 heavy (non-hydrogen) atoms. The summed E-state index contributed by atoms with van der Waals surface area (Å²) >= 11 is 0. The number of hydrogen-bond donors (Lipinski definition) is 6. The number of hydrogen-bond acceptors (Lipinski definition) is 1. The normalized spacial score (nSPS) is 5.70. The fraction of sp³-hybridized carbons (Fsp3) is 0.250. The number of nitrogens with one attached hydrogen (secondary N) is 2. The summed E-state index contributed by atoms with van der Waals surface area (Å²) in [5.74, 6) is -0.0787. The Hall–Kier alpha value is -1.46. The van der Waals surface area contributed by atoms with Gasteiger partial charge in [-0.15, -0.1) is 0 Å². The van der Waals surface area contributed by atoms with Gasteiger partial charge in [-0.1, -0.05) is 0 Å². The standard InChI is InChI=1S/C2H7N3.CH5N3.CH3/c1-5-2(3)4;2-1(3)4;/h1H3,(H4,3,4,5);(H5,2,3,4);1H3/q;;-1/p+1. The summed E-state index contributed by atoms with van der Waals surface area (Å²) < 4.78 is 0. The molecule has 0 radical (unpaired) electrons. The molecule has 0 saturated heterocycles. The summed E-state index contributed by atoms with van der Waals surface area (Å²) in [7, 11) is 1.66. The van der Waals surface area contributed by atoms with Crippen molar-refractivity contribution < 1.29 is 4.99 Å². The second kappa shape index (κ2) is 10.5. The Labute approximate surface area is 60.8 Å². The summed E-state index contributed by atoms with van der Waals surface area (Å²) in [6.45, 7) is 0. The number of guanidine groups is 2. The largest absolute Gasteiger partial charge is 0.370 e. The summed E-state index contributed by atoms with van der Waals surface area (Å²) in [4.78, 5) is 2.50. The number of nitrogens with two attached hydrogens (primary N) is 4.